The van der Waals surface area contributed by atoms with E-state index in [-0.39, 0.29) is 16.5 Å². The van der Waals surface area contributed by atoms with Crippen LogP contribution in [0.25, 0.3) is 145 Å². The summed E-state index contributed by atoms with van der Waals surface area (Å²) in [6, 6.07) is 94.3. The minimum Gasteiger partial charge on any atom is -0.455 e. The molecular weight excluding hydrogens is 1160 g/mol. The van der Waals surface area contributed by atoms with Gasteiger partial charge < -0.3 is 18.1 Å². The van der Waals surface area contributed by atoms with Gasteiger partial charge in [-0.15, -0.1) is 0 Å². The summed E-state index contributed by atoms with van der Waals surface area (Å²) >= 11 is 6.11. The topological polar surface area (TPSA) is 122 Å². The second kappa shape index (κ2) is 24.1. The van der Waals surface area contributed by atoms with Crippen LogP contribution in [0.15, 0.2) is 288 Å². The second-order valence-electron chi connectivity index (χ2n) is 23.7. The average molecular weight is 1210 g/mol. The number of furan rings is 2. The quantitative estimate of drug-likeness (QED) is 0.136. The molecule has 0 atom stereocenters. The Bertz CT molecular complexity index is 5340. The Labute approximate surface area is 537 Å². The molecule has 12 heteroatoms. The molecule has 4 aromatic heterocycles. The highest BCUT2D eigenvalue weighted by Crippen LogP contribution is 2.42. The van der Waals surface area contributed by atoms with E-state index >= 15 is 0 Å². The SMILES string of the molecule is CC1(C)OB(c2cccc3oc4c5ccccc5ccc4c23)OC1(C)C.Clc1nc(-c2ccccc2)nc(-c2ccc(-c3ccccc3)cc2)n1.c1ccc(-c2ccc(-c3nc(-c4ccccc4)nc(-c4cccc5oc6c7ccccc7ccc6c45)n3)cc2)cc1. The number of aromatic nitrogens is 6. The van der Waals surface area contributed by atoms with Gasteiger partial charge in [-0.25, -0.2) is 19.9 Å². The van der Waals surface area contributed by atoms with Crippen LogP contribution in [0.5, 0.6) is 0 Å². The van der Waals surface area contributed by atoms with Crippen LogP contribution >= 0.6 is 11.6 Å². The lowest BCUT2D eigenvalue weighted by molar-refractivity contribution is 0.00578. The van der Waals surface area contributed by atoms with Gasteiger partial charge in [-0.3, -0.25) is 0 Å². The molecule has 0 N–H and O–H groups in total. The van der Waals surface area contributed by atoms with E-state index in [4.69, 9.17) is 44.7 Å². The van der Waals surface area contributed by atoms with Crippen LogP contribution in [0.4, 0.5) is 0 Å². The summed E-state index contributed by atoms with van der Waals surface area (Å²) < 4.78 is 25.3. The van der Waals surface area contributed by atoms with Crippen molar-refractivity contribution < 1.29 is 18.1 Å². The summed E-state index contributed by atoms with van der Waals surface area (Å²) in [7, 11) is -0.407. The van der Waals surface area contributed by atoms with Gasteiger partial charge in [0.25, 0.3) is 0 Å². The van der Waals surface area contributed by atoms with Crippen molar-refractivity contribution in [2.24, 2.45) is 0 Å². The van der Waals surface area contributed by atoms with Crippen molar-refractivity contribution in [2.75, 3.05) is 0 Å². The first-order valence-corrected chi connectivity index (χ1v) is 31.0. The van der Waals surface area contributed by atoms with Crippen molar-refractivity contribution in [1.29, 1.82) is 0 Å². The zero-order chi connectivity index (χ0) is 62.3. The molecule has 92 heavy (non-hydrogen) atoms. The predicted octanol–water partition coefficient (Wildman–Crippen LogP) is 20.2. The fourth-order valence-corrected chi connectivity index (χ4v) is 12.1. The van der Waals surface area contributed by atoms with Crippen molar-refractivity contribution in [3.63, 3.8) is 0 Å². The summed E-state index contributed by atoms with van der Waals surface area (Å²) in [5, 5.41) is 8.96. The van der Waals surface area contributed by atoms with Crippen molar-refractivity contribution in [3.8, 4) is 79.2 Å². The first-order chi connectivity index (χ1) is 45.0. The number of rotatable bonds is 8. The minimum absolute atomic E-state index is 0.191. The highest BCUT2D eigenvalue weighted by atomic mass is 35.5. The molecular formula is C80H58BClN6O4. The molecule has 17 rings (SSSR count). The molecule has 1 aliphatic rings. The maximum Gasteiger partial charge on any atom is 0.495 e. The van der Waals surface area contributed by atoms with Gasteiger partial charge in [0.15, 0.2) is 29.1 Å². The number of hydrogen-bond donors (Lipinski definition) is 0. The van der Waals surface area contributed by atoms with E-state index in [0.29, 0.717) is 29.1 Å². The number of fused-ring (bicyclic) bond motifs is 10. The van der Waals surface area contributed by atoms with Gasteiger partial charge in [0, 0.05) is 60.1 Å². The Morgan fingerprint density at radius 1 is 0.293 bits per heavy atom. The second-order valence-corrected chi connectivity index (χ2v) is 24.0. The maximum absolute atomic E-state index is 6.44. The molecule has 0 radical (unpaired) electrons. The molecule has 1 saturated heterocycles. The van der Waals surface area contributed by atoms with Crippen LogP contribution in [-0.4, -0.2) is 48.2 Å². The van der Waals surface area contributed by atoms with Crippen molar-refractivity contribution >= 4 is 89.6 Å². The van der Waals surface area contributed by atoms with E-state index in [1.165, 1.54) is 16.5 Å². The summed E-state index contributed by atoms with van der Waals surface area (Å²) in [6.07, 6.45) is 0. The lowest BCUT2D eigenvalue weighted by Crippen LogP contribution is -2.41. The molecule has 16 aromatic rings. The molecule has 5 heterocycles. The molecule has 0 saturated carbocycles. The first-order valence-electron chi connectivity index (χ1n) is 30.6. The van der Waals surface area contributed by atoms with Crippen LogP contribution in [0, 0.1) is 0 Å². The summed E-state index contributed by atoms with van der Waals surface area (Å²) in [5.74, 6) is 3.01. The van der Waals surface area contributed by atoms with Crippen LogP contribution in [0.1, 0.15) is 27.7 Å². The van der Waals surface area contributed by atoms with E-state index in [0.717, 1.165) is 104 Å². The zero-order valence-electron chi connectivity index (χ0n) is 50.8. The lowest BCUT2D eigenvalue weighted by Gasteiger charge is -2.32. The Kier molecular flexibility index (Phi) is 15.1. The molecule has 0 spiro atoms. The number of halogens is 1. The monoisotopic (exact) mass is 1210 g/mol. The van der Waals surface area contributed by atoms with Gasteiger partial charge in [-0.2, -0.15) is 9.97 Å². The molecule has 0 unspecified atom stereocenters. The number of nitrogens with zero attached hydrogens (tertiary/aromatic N) is 6. The van der Waals surface area contributed by atoms with E-state index < -0.39 is 7.12 Å². The zero-order valence-corrected chi connectivity index (χ0v) is 51.6. The van der Waals surface area contributed by atoms with Gasteiger partial charge in [0.05, 0.1) is 11.2 Å². The molecule has 442 valence electrons. The van der Waals surface area contributed by atoms with Crippen LogP contribution in [0.2, 0.25) is 5.28 Å². The molecule has 0 aliphatic carbocycles. The van der Waals surface area contributed by atoms with Crippen LogP contribution < -0.4 is 5.46 Å². The van der Waals surface area contributed by atoms with E-state index in [1.807, 2.05) is 146 Å². The van der Waals surface area contributed by atoms with Gasteiger partial charge in [-0.1, -0.05) is 255 Å². The van der Waals surface area contributed by atoms with Crippen LogP contribution in [0.3, 0.4) is 0 Å². The largest absolute Gasteiger partial charge is 0.495 e. The highest BCUT2D eigenvalue weighted by Gasteiger charge is 2.52. The third kappa shape index (κ3) is 11.1. The Morgan fingerprint density at radius 2 is 0.641 bits per heavy atom. The number of benzene rings is 12. The average Bonchev–Trinajstić information content (AvgIpc) is 1.62. The summed E-state index contributed by atoms with van der Waals surface area (Å²) in [5.41, 5.74) is 13.0. The molecule has 1 aliphatic heterocycles. The molecule has 10 nitrogen and oxygen atoms in total. The normalized spacial score (nSPS) is 13.3. The van der Waals surface area contributed by atoms with Crippen molar-refractivity contribution in [3.05, 3.63) is 284 Å². The van der Waals surface area contributed by atoms with Gasteiger partial charge in [0.2, 0.25) is 5.28 Å². The van der Waals surface area contributed by atoms with Crippen molar-refractivity contribution in [2.45, 2.75) is 38.9 Å². The summed E-state index contributed by atoms with van der Waals surface area (Å²) in [4.78, 5) is 28.0. The van der Waals surface area contributed by atoms with Gasteiger partial charge in [0.1, 0.15) is 22.3 Å². The Morgan fingerprint density at radius 3 is 1.11 bits per heavy atom. The minimum atomic E-state index is -0.407. The fraction of sp³-hybridized carbons (Fsp3) is 0.0750. The van der Waals surface area contributed by atoms with E-state index in [2.05, 4.69) is 176 Å². The van der Waals surface area contributed by atoms with Crippen LogP contribution in [-0.2, 0) is 9.31 Å². The molecule has 1 fully saturated rings. The molecule has 12 aromatic carbocycles. The molecule has 0 amide bonds. The predicted molar refractivity (Wildman–Crippen MR) is 374 cm³/mol. The maximum atomic E-state index is 6.44. The smallest absolute Gasteiger partial charge is 0.455 e. The fourth-order valence-electron chi connectivity index (χ4n) is 11.9. The molecule has 0 bridgehead atoms. The standard InChI is InChI=1S/C37H23N3O.C22H21BO3.C21H14ClN3/c1-3-10-24(11-4-1)25-18-20-28(21-19-25)36-38-35(27-13-5-2-6-14-27)39-37(40-36)31-16-9-17-32-33(31)30-23-22-26-12-7-8-15-29(26)34(30)41-32;1-21(2)22(3,4)26-23(25-21)17-10-7-11-18-19(17)16-13-12-14-8-5-6-9-15(14)20(16)24-18;22-21-24-19(17-9-5-2-6-10-17)23-20(25-21)18-13-11-16(12-14-18)15-7-3-1-4-8-15/h1-23H;5-13H,1-4H3;1-14H. The van der Waals surface area contributed by atoms with Gasteiger partial charge in [-0.05, 0) is 102 Å². The third-order valence-corrected chi connectivity index (χ3v) is 17.5. The first kappa shape index (κ1) is 57.5. The third-order valence-electron chi connectivity index (χ3n) is 17.4. The van der Waals surface area contributed by atoms with E-state index in [1.54, 1.807) is 0 Å². The number of hydrogen-bond acceptors (Lipinski definition) is 10. The Balaban J connectivity index is 0.000000120. The highest BCUT2D eigenvalue weighted by molar-refractivity contribution is 6.66. The van der Waals surface area contributed by atoms with Gasteiger partial charge >= 0.3 is 7.12 Å². The lowest BCUT2D eigenvalue weighted by atomic mass is 9.76. The summed E-state index contributed by atoms with van der Waals surface area (Å²) in [6.45, 7) is 8.31. The van der Waals surface area contributed by atoms with Crippen molar-refractivity contribution in [1.82, 2.24) is 29.9 Å². The Hall–Kier alpha value is -10.9. The van der Waals surface area contributed by atoms with E-state index in [9.17, 15) is 0 Å².